The van der Waals surface area contributed by atoms with Gasteiger partial charge in [0.05, 0.1) is 0 Å². The van der Waals surface area contributed by atoms with Crippen molar-refractivity contribution in [2.24, 2.45) is 0 Å². The van der Waals surface area contributed by atoms with E-state index in [1.807, 2.05) is 6.07 Å². The van der Waals surface area contributed by atoms with Gasteiger partial charge in [-0.15, -0.1) is 0 Å². The van der Waals surface area contributed by atoms with E-state index in [0.717, 1.165) is 17.7 Å². The zero-order valence-electron chi connectivity index (χ0n) is 8.08. The molecule has 0 fully saturated rings. The number of phenolic OH excluding ortho intramolecular Hbond substituents is 1. The van der Waals surface area contributed by atoms with Crippen molar-refractivity contribution in [1.29, 1.82) is 0 Å². The van der Waals surface area contributed by atoms with E-state index in [1.54, 1.807) is 19.1 Å². The fourth-order valence-corrected chi connectivity index (χ4v) is 1.91. The first-order chi connectivity index (χ1) is 6.66. The van der Waals surface area contributed by atoms with E-state index in [4.69, 9.17) is 0 Å². The molecule has 14 heavy (non-hydrogen) atoms. The zero-order valence-corrected chi connectivity index (χ0v) is 8.08. The third kappa shape index (κ3) is 1.58. The Bertz CT molecular complexity index is 374. The Morgan fingerprint density at radius 1 is 1.64 bits per heavy atom. The molecule has 1 aromatic carbocycles. The number of rotatable bonds is 2. The van der Waals surface area contributed by atoms with Crippen LogP contribution in [0.15, 0.2) is 18.2 Å². The van der Waals surface area contributed by atoms with Crippen molar-refractivity contribution in [1.82, 2.24) is 0 Å². The summed E-state index contributed by atoms with van der Waals surface area (Å²) in [6.07, 6.45) is 1.26. The smallest absolute Gasteiger partial charge is 0.131 e. The average molecular weight is 191 g/mol. The summed E-state index contributed by atoms with van der Waals surface area (Å²) in [5, 5.41) is 12.8. The highest BCUT2D eigenvalue weighted by atomic mass is 16.3. The molecule has 3 nitrogen and oxygen atoms in total. The number of aromatic hydroxyl groups is 1. The molecule has 2 rings (SSSR count). The van der Waals surface area contributed by atoms with Gasteiger partial charge in [-0.1, -0.05) is 6.07 Å². The molecule has 0 bridgehead atoms. The number of phenols is 1. The van der Waals surface area contributed by atoms with Gasteiger partial charge in [-0.2, -0.15) is 0 Å². The molecule has 0 aliphatic carbocycles. The molecule has 0 aromatic heterocycles. The van der Waals surface area contributed by atoms with Crippen LogP contribution in [-0.2, 0) is 11.2 Å². The van der Waals surface area contributed by atoms with Gasteiger partial charge in [0, 0.05) is 23.7 Å². The van der Waals surface area contributed by atoms with Crippen LogP contribution < -0.4 is 5.32 Å². The predicted octanol–water partition coefficient (Wildman–Crippen LogP) is 1.71. The molecule has 0 amide bonds. The topological polar surface area (TPSA) is 49.3 Å². The number of benzene rings is 1. The molecule has 74 valence electrons. The number of Topliss-reactive ketones (excluding diaryl/α,β-unsaturated/α-hetero) is 1. The van der Waals surface area contributed by atoms with Crippen LogP contribution in [-0.4, -0.2) is 16.9 Å². The molecule has 2 N–H and O–H groups in total. The van der Waals surface area contributed by atoms with Crippen molar-refractivity contribution in [3.8, 4) is 5.75 Å². The second-order valence-electron chi connectivity index (χ2n) is 3.75. The Morgan fingerprint density at radius 3 is 3.07 bits per heavy atom. The molecule has 1 unspecified atom stereocenters. The Hall–Kier alpha value is -1.51. The van der Waals surface area contributed by atoms with Crippen molar-refractivity contribution in [3.63, 3.8) is 0 Å². The summed E-state index contributed by atoms with van der Waals surface area (Å²) in [6.45, 7) is 1.59. The predicted molar refractivity (Wildman–Crippen MR) is 54.5 cm³/mol. The fourth-order valence-electron chi connectivity index (χ4n) is 1.91. The first kappa shape index (κ1) is 9.06. The monoisotopic (exact) mass is 191 g/mol. The van der Waals surface area contributed by atoms with E-state index in [1.165, 1.54) is 0 Å². The maximum absolute atomic E-state index is 10.9. The van der Waals surface area contributed by atoms with Gasteiger partial charge in [-0.25, -0.2) is 0 Å². The van der Waals surface area contributed by atoms with Crippen LogP contribution in [0.5, 0.6) is 5.75 Å². The van der Waals surface area contributed by atoms with Crippen molar-refractivity contribution in [2.45, 2.75) is 25.8 Å². The largest absolute Gasteiger partial charge is 0.508 e. The number of hydrogen-bond acceptors (Lipinski definition) is 3. The van der Waals surface area contributed by atoms with Gasteiger partial charge in [0.25, 0.3) is 0 Å². The van der Waals surface area contributed by atoms with Crippen LogP contribution in [0.25, 0.3) is 0 Å². The van der Waals surface area contributed by atoms with E-state index in [9.17, 15) is 9.90 Å². The number of carbonyl (C=O) groups excluding carboxylic acids is 1. The maximum Gasteiger partial charge on any atom is 0.131 e. The minimum Gasteiger partial charge on any atom is -0.508 e. The van der Waals surface area contributed by atoms with Gasteiger partial charge in [0.15, 0.2) is 0 Å². The molecule has 1 atom stereocenters. The second-order valence-corrected chi connectivity index (χ2v) is 3.75. The highest BCUT2D eigenvalue weighted by Crippen LogP contribution is 2.33. The van der Waals surface area contributed by atoms with Crippen LogP contribution in [0.2, 0.25) is 0 Å². The lowest BCUT2D eigenvalue weighted by Gasteiger charge is -2.07. The molecular weight excluding hydrogens is 178 g/mol. The Labute approximate surface area is 82.8 Å². The second kappa shape index (κ2) is 3.33. The van der Waals surface area contributed by atoms with E-state index in [-0.39, 0.29) is 11.8 Å². The quantitative estimate of drug-likeness (QED) is 0.748. The number of nitrogens with one attached hydrogen (secondary N) is 1. The summed E-state index contributed by atoms with van der Waals surface area (Å²) < 4.78 is 0. The number of carbonyl (C=O) groups is 1. The van der Waals surface area contributed by atoms with Crippen LogP contribution in [0.1, 0.15) is 18.9 Å². The molecule has 1 aliphatic heterocycles. The molecule has 0 saturated carbocycles. The Balaban J connectivity index is 2.18. The highest BCUT2D eigenvalue weighted by molar-refractivity contribution is 5.77. The number of anilines is 1. The number of ketones is 1. The molecule has 1 aromatic rings. The normalized spacial score (nSPS) is 18.8. The summed E-state index contributed by atoms with van der Waals surface area (Å²) in [4.78, 5) is 10.9. The third-order valence-electron chi connectivity index (χ3n) is 2.50. The molecule has 0 saturated heterocycles. The third-order valence-corrected chi connectivity index (χ3v) is 2.50. The summed E-state index contributed by atoms with van der Waals surface area (Å²) in [6, 6.07) is 5.55. The number of hydrogen-bond donors (Lipinski definition) is 2. The Morgan fingerprint density at radius 2 is 2.43 bits per heavy atom. The van der Waals surface area contributed by atoms with Crippen LogP contribution in [0.4, 0.5) is 5.69 Å². The maximum atomic E-state index is 10.9. The summed E-state index contributed by atoms with van der Waals surface area (Å²) in [5.74, 6) is 0.496. The van der Waals surface area contributed by atoms with E-state index in [0.29, 0.717) is 12.2 Å². The standard InChI is InChI=1S/C11H13NO2/c1-7(13)5-8-6-9-10(12-8)3-2-4-11(9)14/h2-4,8,12,14H,5-6H2,1H3. The van der Waals surface area contributed by atoms with Crippen molar-refractivity contribution in [3.05, 3.63) is 23.8 Å². The van der Waals surface area contributed by atoms with Gasteiger partial charge >= 0.3 is 0 Å². The van der Waals surface area contributed by atoms with E-state index >= 15 is 0 Å². The lowest BCUT2D eigenvalue weighted by molar-refractivity contribution is -0.117. The summed E-state index contributed by atoms with van der Waals surface area (Å²) in [5.41, 5.74) is 1.88. The summed E-state index contributed by atoms with van der Waals surface area (Å²) >= 11 is 0. The van der Waals surface area contributed by atoms with Gasteiger partial charge < -0.3 is 10.4 Å². The average Bonchev–Trinajstić information content (AvgIpc) is 2.47. The summed E-state index contributed by atoms with van der Waals surface area (Å²) in [7, 11) is 0. The lowest BCUT2D eigenvalue weighted by atomic mass is 10.1. The van der Waals surface area contributed by atoms with E-state index in [2.05, 4.69) is 5.32 Å². The van der Waals surface area contributed by atoms with Crippen LogP contribution in [0.3, 0.4) is 0 Å². The molecule has 0 radical (unpaired) electrons. The molecule has 3 heteroatoms. The van der Waals surface area contributed by atoms with Gasteiger partial charge in [-0.05, 0) is 25.5 Å². The molecule has 1 heterocycles. The van der Waals surface area contributed by atoms with Crippen LogP contribution >= 0.6 is 0 Å². The first-order valence-corrected chi connectivity index (χ1v) is 4.73. The molecule has 0 spiro atoms. The number of fused-ring (bicyclic) bond motifs is 1. The highest BCUT2D eigenvalue weighted by Gasteiger charge is 2.23. The van der Waals surface area contributed by atoms with Gasteiger partial charge in [-0.3, -0.25) is 4.79 Å². The minimum atomic E-state index is 0.149. The minimum absolute atomic E-state index is 0.149. The van der Waals surface area contributed by atoms with Crippen molar-refractivity contribution >= 4 is 11.5 Å². The first-order valence-electron chi connectivity index (χ1n) is 4.73. The molecule has 1 aliphatic rings. The van der Waals surface area contributed by atoms with Gasteiger partial charge in [0.2, 0.25) is 0 Å². The zero-order chi connectivity index (χ0) is 10.1. The SMILES string of the molecule is CC(=O)CC1Cc2c(O)cccc2N1. The van der Waals surface area contributed by atoms with E-state index < -0.39 is 0 Å². The van der Waals surface area contributed by atoms with Crippen LogP contribution in [0, 0.1) is 0 Å². The Kier molecular flexibility index (Phi) is 2.15. The van der Waals surface area contributed by atoms with Gasteiger partial charge in [0.1, 0.15) is 11.5 Å². The fraction of sp³-hybridized carbons (Fsp3) is 0.364. The molecular formula is C11H13NO2. The van der Waals surface area contributed by atoms with Crippen molar-refractivity contribution < 1.29 is 9.90 Å². The van der Waals surface area contributed by atoms with Crippen molar-refractivity contribution in [2.75, 3.05) is 5.32 Å². The lowest BCUT2D eigenvalue weighted by Crippen LogP contribution is -2.18.